The summed E-state index contributed by atoms with van der Waals surface area (Å²) in [6, 6.07) is 12.7. The van der Waals surface area contributed by atoms with Gasteiger partial charge in [0.15, 0.2) is 0 Å². The number of imidazole rings is 2. The summed E-state index contributed by atoms with van der Waals surface area (Å²) >= 11 is 0. The van der Waals surface area contributed by atoms with Crippen LogP contribution in [-0.4, -0.2) is 104 Å². The summed E-state index contributed by atoms with van der Waals surface area (Å²) in [5.74, 6) is 1.84. The molecule has 6 heterocycles. The number of hydrogen-bond acceptors (Lipinski definition) is 10. The topological polar surface area (TPSA) is 193 Å². The predicted octanol–water partition coefficient (Wildman–Crippen LogP) is 8.22. The lowest BCUT2D eigenvalue weighted by Crippen LogP contribution is -2.55. The van der Waals surface area contributed by atoms with E-state index in [1.807, 2.05) is 49.8 Å². The van der Waals surface area contributed by atoms with Gasteiger partial charge in [0.25, 0.3) is 0 Å². The number of nitrogens with one attached hydrogen (secondary N) is 4. The molecule has 16 heteroatoms. The number of H-pyrrole nitrogens is 2. The van der Waals surface area contributed by atoms with Crippen LogP contribution < -0.4 is 15.4 Å². The Balaban J connectivity index is 0.956. The van der Waals surface area contributed by atoms with Crippen molar-refractivity contribution in [3.05, 3.63) is 65.9 Å². The maximum atomic E-state index is 14.5. The van der Waals surface area contributed by atoms with Crippen LogP contribution in [0.1, 0.15) is 115 Å². The van der Waals surface area contributed by atoms with Crippen LogP contribution in [0.15, 0.2) is 48.7 Å². The van der Waals surface area contributed by atoms with Crippen molar-refractivity contribution >= 4 is 45.8 Å². The highest BCUT2D eigenvalue weighted by molar-refractivity contribution is 6.07. The molecule has 3 aromatic carbocycles. The van der Waals surface area contributed by atoms with Gasteiger partial charge in [-0.15, -0.1) is 0 Å². The van der Waals surface area contributed by atoms with E-state index in [0.29, 0.717) is 31.7 Å². The Kier molecular flexibility index (Phi) is 12.2. The molecule has 0 spiro atoms. The van der Waals surface area contributed by atoms with Gasteiger partial charge in [-0.05, 0) is 125 Å². The van der Waals surface area contributed by atoms with Gasteiger partial charge in [-0.1, -0.05) is 31.5 Å². The third-order valence-corrected chi connectivity index (χ3v) is 14.0. The summed E-state index contributed by atoms with van der Waals surface area (Å²) in [5.41, 5.74) is 6.59. The molecular formula is C49H60N8O8. The fourth-order valence-electron chi connectivity index (χ4n) is 10.9. The van der Waals surface area contributed by atoms with E-state index in [1.165, 1.54) is 14.2 Å². The number of likely N-dealkylation sites (tertiary alicyclic amines) is 2. The summed E-state index contributed by atoms with van der Waals surface area (Å²) in [7, 11) is 2.62. The minimum Gasteiger partial charge on any atom is -0.488 e. The Hall–Kier alpha value is -6.16. The van der Waals surface area contributed by atoms with Gasteiger partial charge < -0.3 is 49.3 Å². The zero-order valence-corrected chi connectivity index (χ0v) is 38.2. The van der Waals surface area contributed by atoms with Gasteiger partial charge in [-0.25, -0.2) is 19.6 Å². The van der Waals surface area contributed by atoms with E-state index < -0.39 is 24.3 Å². The fourth-order valence-corrected chi connectivity index (χ4v) is 10.9. The highest BCUT2D eigenvalue weighted by Crippen LogP contribution is 2.44. The number of methoxy groups -OCH3 is 2. The van der Waals surface area contributed by atoms with Crippen molar-refractivity contribution in [1.29, 1.82) is 0 Å². The first-order chi connectivity index (χ1) is 31.3. The summed E-state index contributed by atoms with van der Waals surface area (Å²) < 4.78 is 22.2. The van der Waals surface area contributed by atoms with Crippen LogP contribution in [0.25, 0.3) is 44.2 Å². The number of hydrogen-bond donors (Lipinski definition) is 4. The van der Waals surface area contributed by atoms with E-state index in [0.717, 1.165) is 93.4 Å². The SMILES string of the molecule is CCC[C@H](NC(=O)OC)C(=O)N1[C@@H](C)CC[C@H]1c1nc2c(ccc3cc4c(cc32)OCc2cc(-c3cnc([C@@H]5CC[C@H](C)N5C(=O)[C@@H](NC(=O)OC)C5C[C@@H](C)O[C@H](C)C5)[nH]3)ccc2-4)[nH]1. The first kappa shape index (κ1) is 44.1. The number of ether oxygens (including phenoxy) is 4. The lowest BCUT2D eigenvalue weighted by Gasteiger charge is -2.39. The number of carbonyl (C=O) groups is 4. The molecule has 0 saturated carbocycles. The molecule has 2 aromatic heterocycles. The Morgan fingerprint density at radius 3 is 2.22 bits per heavy atom. The quantitative estimate of drug-likeness (QED) is 0.106. The summed E-state index contributed by atoms with van der Waals surface area (Å²) in [6.07, 6.45) is 6.20. The number of nitrogens with zero attached hydrogens (tertiary/aromatic N) is 4. The Bertz CT molecular complexity index is 2610. The lowest BCUT2D eigenvalue weighted by atomic mass is 9.85. The molecule has 0 bridgehead atoms. The second-order valence-corrected chi connectivity index (χ2v) is 18.5. The van der Waals surface area contributed by atoms with Gasteiger partial charge >= 0.3 is 12.2 Å². The van der Waals surface area contributed by atoms with Crippen LogP contribution >= 0.6 is 0 Å². The van der Waals surface area contributed by atoms with Crippen molar-refractivity contribution in [3.8, 4) is 28.1 Å². The van der Waals surface area contributed by atoms with Crippen LogP contribution in [0.5, 0.6) is 5.75 Å². The van der Waals surface area contributed by atoms with E-state index in [4.69, 9.17) is 28.9 Å². The largest absolute Gasteiger partial charge is 0.488 e. The maximum absolute atomic E-state index is 14.5. The zero-order valence-electron chi connectivity index (χ0n) is 38.2. The molecule has 8 atom stereocenters. The average Bonchev–Trinajstić information content (AvgIpc) is 4.12. The van der Waals surface area contributed by atoms with Crippen LogP contribution in [-0.2, 0) is 30.4 Å². The normalized spacial score (nSPS) is 24.8. The molecular weight excluding hydrogens is 829 g/mol. The summed E-state index contributed by atoms with van der Waals surface area (Å²) in [4.78, 5) is 74.0. The number of alkyl carbamates (subject to hydrolysis) is 2. The molecule has 0 aliphatic carbocycles. The second kappa shape index (κ2) is 18.0. The molecule has 4 amide bonds. The van der Waals surface area contributed by atoms with Gasteiger partial charge in [0, 0.05) is 23.0 Å². The van der Waals surface area contributed by atoms with Crippen molar-refractivity contribution in [1.82, 2.24) is 40.4 Å². The van der Waals surface area contributed by atoms with E-state index in [-0.39, 0.29) is 54.1 Å². The Labute approximate surface area is 378 Å². The molecule has 5 aromatic rings. The Morgan fingerprint density at radius 2 is 1.51 bits per heavy atom. The van der Waals surface area contributed by atoms with Gasteiger partial charge in [0.05, 0.1) is 61.4 Å². The summed E-state index contributed by atoms with van der Waals surface area (Å²) in [6.45, 7) is 10.5. The molecule has 65 heavy (non-hydrogen) atoms. The van der Waals surface area contributed by atoms with Crippen molar-refractivity contribution < 1.29 is 38.1 Å². The number of carbonyl (C=O) groups excluding carboxylic acids is 4. The minimum absolute atomic E-state index is 0.0171. The van der Waals surface area contributed by atoms with E-state index in [9.17, 15) is 19.2 Å². The van der Waals surface area contributed by atoms with Crippen molar-refractivity contribution in [2.24, 2.45) is 5.92 Å². The van der Waals surface area contributed by atoms with Gasteiger partial charge in [0.1, 0.15) is 36.1 Å². The minimum atomic E-state index is -0.746. The number of aromatic nitrogens is 4. The molecule has 0 unspecified atom stereocenters. The van der Waals surface area contributed by atoms with E-state index in [1.54, 1.807) is 0 Å². The second-order valence-electron chi connectivity index (χ2n) is 18.5. The number of aromatic amines is 2. The first-order valence-electron chi connectivity index (χ1n) is 23.1. The number of benzene rings is 3. The fraction of sp³-hybridized carbons (Fsp3) is 0.510. The van der Waals surface area contributed by atoms with Gasteiger partial charge in [0.2, 0.25) is 11.8 Å². The van der Waals surface area contributed by atoms with E-state index in [2.05, 4.69) is 63.9 Å². The molecule has 4 aliphatic heterocycles. The van der Waals surface area contributed by atoms with Crippen LogP contribution in [0, 0.1) is 5.92 Å². The van der Waals surface area contributed by atoms with Crippen LogP contribution in [0.3, 0.4) is 0 Å². The average molecular weight is 889 g/mol. The summed E-state index contributed by atoms with van der Waals surface area (Å²) in [5, 5.41) is 7.59. The van der Waals surface area contributed by atoms with Crippen molar-refractivity contribution in [2.45, 2.75) is 141 Å². The third-order valence-electron chi connectivity index (χ3n) is 14.0. The standard InChI is InChI=1S/C49H60N8O8/c1-8-9-37(53-48(60)62-6)46(58)56-25(2)11-17-40(56)45-51-36-15-13-29-21-35-33-14-12-30(20-32(33)24-64-41(35)22-34(29)43(36)54-45)38-23-50-44(52-38)39-16-10-26(3)57(39)47(59)42(55-49(61)63-7)31-18-27(4)65-28(5)19-31/h12-15,20-23,25-28,31,37,39-40,42H,8-11,16-19,24H2,1-7H3,(H,50,52)(H,51,54)(H,53,60)(H,55,61)/t25-,26-,27+,28+,37-,39-,40-,42-/m0/s1. The highest BCUT2D eigenvalue weighted by atomic mass is 16.5. The number of fused-ring (bicyclic) bond motifs is 6. The van der Waals surface area contributed by atoms with E-state index >= 15 is 0 Å². The van der Waals surface area contributed by atoms with Gasteiger partial charge in [-0.3, -0.25) is 9.59 Å². The first-order valence-corrected chi connectivity index (χ1v) is 23.1. The molecule has 0 radical (unpaired) electrons. The maximum Gasteiger partial charge on any atom is 0.407 e. The molecule has 4 aliphatic rings. The zero-order chi connectivity index (χ0) is 45.7. The highest BCUT2D eigenvalue weighted by Gasteiger charge is 2.45. The van der Waals surface area contributed by atoms with Crippen LogP contribution in [0.2, 0.25) is 0 Å². The van der Waals surface area contributed by atoms with Crippen molar-refractivity contribution in [3.63, 3.8) is 0 Å². The molecule has 3 fully saturated rings. The molecule has 344 valence electrons. The smallest absolute Gasteiger partial charge is 0.407 e. The van der Waals surface area contributed by atoms with Crippen molar-refractivity contribution in [2.75, 3.05) is 14.2 Å². The predicted molar refractivity (Wildman–Crippen MR) is 244 cm³/mol. The number of amides is 4. The Morgan fingerprint density at radius 1 is 0.815 bits per heavy atom. The molecule has 9 rings (SSSR count). The monoisotopic (exact) mass is 888 g/mol. The van der Waals surface area contributed by atoms with Crippen LogP contribution in [0.4, 0.5) is 9.59 Å². The molecule has 16 nitrogen and oxygen atoms in total. The molecule has 3 saturated heterocycles. The number of rotatable bonds is 10. The van der Waals surface area contributed by atoms with Gasteiger partial charge in [-0.2, -0.15) is 0 Å². The molecule has 4 N–H and O–H groups in total. The third kappa shape index (κ3) is 8.36. The lowest BCUT2D eigenvalue weighted by molar-refractivity contribution is -0.140.